The second kappa shape index (κ2) is 13.6. The lowest BCUT2D eigenvalue weighted by Gasteiger charge is -2.43. The van der Waals surface area contributed by atoms with Crippen LogP contribution in [0.2, 0.25) is 0 Å². The van der Waals surface area contributed by atoms with Crippen LogP contribution in [0.25, 0.3) is 0 Å². The highest BCUT2D eigenvalue weighted by Gasteiger charge is 2.32. The molecule has 0 saturated carbocycles. The molecule has 2 fully saturated rings. The van der Waals surface area contributed by atoms with Gasteiger partial charge in [0.1, 0.15) is 19.4 Å². The molecule has 3 heterocycles. The molecule has 2 aromatic rings. The molecule has 2 saturated heterocycles. The number of rotatable bonds is 7. The molecule has 2 aliphatic heterocycles. The van der Waals surface area contributed by atoms with Crippen LogP contribution in [0.1, 0.15) is 32.3 Å². The lowest BCUT2D eigenvalue weighted by molar-refractivity contribution is -0.385. The Kier molecular flexibility index (Phi) is 10.2. The average Bonchev–Trinajstić information content (AvgIpc) is 3.45. The summed E-state index contributed by atoms with van der Waals surface area (Å²) in [5.74, 6) is 0.351. The van der Waals surface area contributed by atoms with E-state index >= 15 is 0 Å². The summed E-state index contributed by atoms with van der Waals surface area (Å²) < 4.78 is 16.0. The fourth-order valence-electron chi connectivity index (χ4n) is 4.09. The highest BCUT2D eigenvalue weighted by molar-refractivity contribution is 5.68. The van der Waals surface area contributed by atoms with Gasteiger partial charge in [-0.15, -0.1) is 0 Å². The van der Waals surface area contributed by atoms with Crippen molar-refractivity contribution in [1.29, 1.82) is 0 Å². The van der Waals surface area contributed by atoms with Crippen LogP contribution >= 0.6 is 0 Å². The number of amides is 1. The van der Waals surface area contributed by atoms with Crippen molar-refractivity contribution in [3.8, 4) is 5.88 Å². The van der Waals surface area contributed by atoms with Crippen molar-refractivity contribution in [2.75, 3.05) is 39.5 Å². The van der Waals surface area contributed by atoms with Crippen molar-refractivity contribution in [2.45, 2.75) is 45.4 Å². The number of nitro groups is 1. The van der Waals surface area contributed by atoms with E-state index in [4.69, 9.17) is 14.2 Å². The van der Waals surface area contributed by atoms with E-state index in [0.29, 0.717) is 32.1 Å². The Labute approximate surface area is 205 Å². The maximum Gasteiger partial charge on any atom is 0.410 e. The number of carbonyl (C=O) groups excluding carboxylic acids is 1. The number of carbonyl (C=O) groups is 1. The summed E-state index contributed by atoms with van der Waals surface area (Å²) in [7, 11) is 0. The van der Waals surface area contributed by atoms with E-state index in [-0.39, 0.29) is 30.5 Å². The highest BCUT2D eigenvalue weighted by atomic mass is 16.6. The number of benzene rings is 1. The van der Waals surface area contributed by atoms with E-state index in [2.05, 4.69) is 23.7 Å². The summed E-state index contributed by atoms with van der Waals surface area (Å²) in [4.78, 5) is 30.6. The summed E-state index contributed by atoms with van der Waals surface area (Å²) in [5.41, 5.74) is 0.891. The standard InChI is InChI=1S/C21H26N4O5.C4H8O/c1-16-13-23(21(26)30-15-18-6-4-3-5-7-18)14-17(2)24(16)10-11-29-20-9-8-19(12-22-20)25(27)28;1-2-4-5-3-1/h3-9,12,16-17H,10-11,13-15H2,1-2H3;1-4H2/t16-,17+;. The van der Waals surface area contributed by atoms with E-state index in [1.165, 1.54) is 31.2 Å². The van der Waals surface area contributed by atoms with E-state index in [1.807, 2.05) is 30.3 Å². The number of piperazine rings is 1. The summed E-state index contributed by atoms with van der Waals surface area (Å²) in [6.45, 7) is 8.61. The highest BCUT2D eigenvalue weighted by Crippen LogP contribution is 2.18. The Balaban J connectivity index is 0.000000607. The third-order valence-electron chi connectivity index (χ3n) is 5.92. The first kappa shape index (κ1) is 26.4. The molecule has 0 bridgehead atoms. The van der Waals surface area contributed by atoms with Gasteiger partial charge in [-0.05, 0) is 32.3 Å². The van der Waals surface area contributed by atoms with Crippen molar-refractivity contribution in [3.63, 3.8) is 0 Å². The zero-order chi connectivity index (χ0) is 25.0. The van der Waals surface area contributed by atoms with Crippen molar-refractivity contribution in [1.82, 2.24) is 14.8 Å². The minimum atomic E-state index is -0.496. The molecule has 2 atom stereocenters. The van der Waals surface area contributed by atoms with Gasteiger partial charge in [0.05, 0.1) is 4.92 Å². The summed E-state index contributed by atoms with van der Waals surface area (Å²) in [6, 6.07) is 12.8. The molecule has 0 unspecified atom stereocenters. The largest absolute Gasteiger partial charge is 0.476 e. The molecule has 4 rings (SSSR count). The van der Waals surface area contributed by atoms with Gasteiger partial charge in [0, 0.05) is 57.1 Å². The molecule has 0 N–H and O–H groups in total. The van der Waals surface area contributed by atoms with Crippen LogP contribution in [0.5, 0.6) is 5.88 Å². The summed E-state index contributed by atoms with van der Waals surface area (Å²) >= 11 is 0. The smallest absolute Gasteiger partial charge is 0.410 e. The zero-order valence-corrected chi connectivity index (χ0v) is 20.4. The molecule has 0 aliphatic carbocycles. The van der Waals surface area contributed by atoms with Gasteiger partial charge in [0.2, 0.25) is 5.88 Å². The number of nitrogens with zero attached hydrogens (tertiary/aromatic N) is 4. The van der Waals surface area contributed by atoms with E-state index in [0.717, 1.165) is 18.8 Å². The Morgan fingerprint density at radius 2 is 1.80 bits per heavy atom. The van der Waals surface area contributed by atoms with Gasteiger partial charge in [-0.1, -0.05) is 30.3 Å². The van der Waals surface area contributed by atoms with Crippen LogP contribution in [-0.2, 0) is 16.1 Å². The van der Waals surface area contributed by atoms with Crippen molar-refractivity contribution in [2.24, 2.45) is 0 Å². The zero-order valence-electron chi connectivity index (χ0n) is 20.4. The lowest BCUT2D eigenvalue weighted by Crippen LogP contribution is -2.58. The molecule has 190 valence electrons. The first-order valence-electron chi connectivity index (χ1n) is 12.0. The van der Waals surface area contributed by atoms with Crippen LogP contribution < -0.4 is 4.74 Å². The fourth-order valence-corrected chi connectivity index (χ4v) is 4.09. The van der Waals surface area contributed by atoms with Crippen LogP contribution in [0.4, 0.5) is 10.5 Å². The van der Waals surface area contributed by atoms with Crippen LogP contribution in [0, 0.1) is 10.1 Å². The molecule has 1 aromatic heterocycles. The fraction of sp³-hybridized carbons (Fsp3) is 0.520. The number of aromatic nitrogens is 1. The normalized spacial score (nSPS) is 20.0. The van der Waals surface area contributed by atoms with Crippen molar-refractivity contribution >= 4 is 11.8 Å². The van der Waals surface area contributed by atoms with Crippen LogP contribution in [-0.4, -0.2) is 77.3 Å². The van der Waals surface area contributed by atoms with Crippen LogP contribution in [0.15, 0.2) is 48.7 Å². The second-order valence-corrected chi connectivity index (χ2v) is 8.66. The van der Waals surface area contributed by atoms with Gasteiger partial charge in [0.25, 0.3) is 5.69 Å². The molecular formula is C25H34N4O6. The number of hydrogen-bond donors (Lipinski definition) is 0. The molecule has 10 nitrogen and oxygen atoms in total. The molecule has 0 spiro atoms. The maximum absolute atomic E-state index is 12.4. The van der Waals surface area contributed by atoms with Crippen molar-refractivity contribution in [3.05, 3.63) is 64.3 Å². The first-order chi connectivity index (χ1) is 16.9. The molecule has 1 aromatic carbocycles. The van der Waals surface area contributed by atoms with Crippen LogP contribution in [0.3, 0.4) is 0 Å². The Morgan fingerprint density at radius 1 is 1.11 bits per heavy atom. The average molecular weight is 487 g/mol. The minimum absolute atomic E-state index is 0.0696. The molecular weight excluding hydrogens is 452 g/mol. The number of hydrogen-bond acceptors (Lipinski definition) is 8. The van der Waals surface area contributed by atoms with Gasteiger partial charge >= 0.3 is 6.09 Å². The summed E-state index contributed by atoms with van der Waals surface area (Å²) in [6.07, 6.45) is 3.43. The molecule has 0 radical (unpaired) electrons. The van der Waals surface area contributed by atoms with Gasteiger partial charge in [0.15, 0.2) is 0 Å². The quantitative estimate of drug-likeness (QED) is 0.428. The van der Waals surface area contributed by atoms with Gasteiger partial charge in [-0.2, -0.15) is 0 Å². The predicted molar refractivity (Wildman–Crippen MR) is 130 cm³/mol. The number of pyridine rings is 1. The van der Waals surface area contributed by atoms with E-state index < -0.39 is 4.92 Å². The number of ether oxygens (including phenoxy) is 3. The molecule has 1 amide bonds. The lowest BCUT2D eigenvalue weighted by atomic mass is 10.1. The van der Waals surface area contributed by atoms with E-state index in [9.17, 15) is 14.9 Å². The maximum atomic E-state index is 12.4. The Hall–Kier alpha value is -3.24. The minimum Gasteiger partial charge on any atom is -0.476 e. The molecule has 10 heteroatoms. The third-order valence-corrected chi connectivity index (χ3v) is 5.92. The second-order valence-electron chi connectivity index (χ2n) is 8.66. The molecule has 35 heavy (non-hydrogen) atoms. The van der Waals surface area contributed by atoms with Gasteiger partial charge in [-0.3, -0.25) is 15.0 Å². The molecule has 2 aliphatic rings. The Bertz CT molecular complexity index is 904. The van der Waals surface area contributed by atoms with Crippen molar-refractivity contribution < 1.29 is 23.9 Å². The van der Waals surface area contributed by atoms with Gasteiger partial charge in [-0.25, -0.2) is 9.78 Å². The first-order valence-corrected chi connectivity index (χ1v) is 12.0. The van der Waals surface area contributed by atoms with E-state index in [1.54, 1.807) is 4.90 Å². The predicted octanol–water partition coefficient (Wildman–Crippen LogP) is 3.90. The summed E-state index contributed by atoms with van der Waals surface area (Å²) in [5, 5.41) is 10.7. The van der Waals surface area contributed by atoms with Gasteiger partial charge < -0.3 is 19.1 Å². The Morgan fingerprint density at radius 3 is 2.34 bits per heavy atom. The topological polar surface area (TPSA) is 107 Å². The SMILES string of the molecule is C1CCOC1.C[C@@H]1CN(C(=O)OCc2ccccc2)C[C@H](C)N1CCOc1ccc([N+](=O)[O-])cn1. The monoisotopic (exact) mass is 486 g/mol. The third kappa shape index (κ3) is 8.48.